The Kier molecular flexibility index (Phi) is 4.15. The molecule has 28 heavy (non-hydrogen) atoms. The maximum atomic E-state index is 13.8. The van der Waals surface area contributed by atoms with Crippen LogP contribution in [0.4, 0.5) is 20.7 Å². The largest absolute Gasteiger partial charge is 0.361 e. The Hall–Kier alpha value is -3.27. The van der Waals surface area contributed by atoms with Crippen molar-refractivity contribution < 1.29 is 22.1 Å². The summed E-state index contributed by atoms with van der Waals surface area (Å²) in [6.07, 6.45) is 1.37. The van der Waals surface area contributed by atoms with E-state index in [0.717, 1.165) is 11.0 Å². The Morgan fingerprint density at radius 2 is 1.96 bits per heavy atom. The highest BCUT2D eigenvalue weighted by molar-refractivity contribution is 7.90. The lowest BCUT2D eigenvalue weighted by Crippen LogP contribution is -2.48. The van der Waals surface area contributed by atoms with Crippen molar-refractivity contribution in [1.82, 2.24) is 14.4 Å². The van der Waals surface area contributed by atoms with Crippen LogP contribution in [0.25, 0.3) is 0 Å². The van der Waals surface area contributed by atoms with Gasteiger partial charge in [-0.05, 0) is 44.2 Å². The third-order valence-electron chi connectivity index (χ3n) is 4.48. The Labute approximate surface area is 160 Å². The van der Waals surface area contributed by atoms with Gasteiger partial charge in [-0.15, -0.1) is 0 Å². The van der Waals surface area contributed by atoms with E-state index < -0.39 is 21.9 Å². The van der Waals surface area contributed by atoms with E-state index in [-0.39, 0.29) is 22.9 Å². The lowest BCUT2D eigenvalue weighted by molar-refractivity contribution is 0.229. The second-order valence-corrected chi connectivity index (χ2v) is 8.07. The lowest BCUT2D eigenvalue weighted by atomic mass is 10.2. The van der Waals surface area contributed by atoms with Crippen LogP contribution in [0, 0.1) is 19.7 Å². The Bertz CT molecular complexity index is 1170. The van der Waals surface area contributed by atoms with Crippen molar-refractivity contribution in [3.05, 3.63) is 65.4 Å². The number of benzene rings is 1. The average molecular weight is 402 g/mol. The van der Waals surface area contributed by atoms with E-state index in [1.54, 1.807) is 13.8 Å². The van der Waals surface area contributed by atoms with E-state index >= 15 is 0 Å². The number of carbonyl (C=O) groups is 1. The second-order valence-electron chi connectivity index (χ2n) is 6.24. The molecular weight excluding hydrogens is 387 g/mol. The number of halogens is 1. The first-order valence-electron chi connectivity index (χ1n) is 8.30. The molecule has 0 atom stereocenters. The first-order chi connectivity index (χ1) is 13.3. The van der Waals surface area contributed by atoms with Crippen molar-refractivity contribution in [2.24, 2.45) is 0 Å². The third-order valence-corrected chi connectivity index (χ3v) is 6.22. The highest BCUT2D eigenvalue weighted by Gasteiger charge is 2.43. The number of urea groups is 1. The van der Waals surface area contributed by atoms with Gasteiger partial charge in [-0.2, -0.15) is 0 Å². The van der Waals surface area contributed by atoms with E-state index in [4.69, 9.17) is 4.52 Å². The highest BCUT2D eigenvalue weighted by Crippen LogP contribution is 2.38. The van der Waals surface area contributed by atoms with E-state index in [1.165, 1.54) is 36.5 Å². The summed E-state index contributed by atoms with van der Waals surface area (Å²) in [6.45, 7) is 3.03. The van der Waals surface area contributed by atoms with E-state index in [0.29, 0.717) is 21.3 Å². The molecule has 0 saturated heterocycles. The molecule has 0 N–H and O–H groups in total. The normalized spacial score (nSPS) is 15.6. The minimum absolute atomic E-state index is 0.0758. The molecule has 0 spiro atoms. The fraction of sp³-hybridized carbons (Fsp3) is 0.167. The Morgan fingerprint density at radius 3 is 2.64 bits per heavy atom. The third kappa shape index (κ3) is 2.73. The van der Waals surface area contributed by atoms with Crippen LogP contribution in [0.1, 0.15) is 17.0 Å². The van der Waals surface area contributed by atoms with Gasteiger partial charge in [0, 0.05) is 11.8 Å². The zero-order chi connectivity index (χ0) is 20.1. The summed E-state index contributed by atoms with van der Waals surface area (Å²) in [6, 6.07) is 7.27. The van der Waals surface area contributed by atoms with Gasteiger partial charge in [0.15, 0.2) is 5.82 Å². The highest BCUT2D eigenvalue weighted by atomic mass is 32.2. The molecule has 3 heterocycles. The van der Waals surface area contributed by atoms with Crippen LogP contribution in [0.5, 0.6) is 0 Å². The van der Waals surface area contributed by atoms with Crippen molar-refractivity contribution in [2.75, 3.05) is 4.90 Å². The lowest BCUT2D eigenvalue weighted by Gasteiger charge is -2.35. The number of sulfonamides is 1. The number of amides is 2. The Balaban J connectivity index is 1.90. The molecular formula is C18H15FN4O4S. The van der Waals surface area contributed by atoms with E-state index in [9.17, 15) is 17.6 Å². The van der Waals surface area contributed by atoms with Gasteiger partial charge in [0.05, 0.1) is 17.9 Å². The van der Waals surface area contributed by atoms with Crippen molar-refractivity contribution in [1.29, 1.82) is 0 Å². The van der Waals surface area contributed by atoms with Gasteiger partial charge in [0.2, 0.25) is 0 Å². The maximum absolute atomic E-state index is 13.8. The number of aromatic nitrogens is 2. The van der Waals surface area contributed by atoms with Crippen molar-refractivity contribution in [3.63, 3.8) is 0 Å². The van der Waals surface area contributed by atoms with Crippen LogP contribution in [-0.2, 0) is 16.6 Å². The molecule has 2 aromatic heterocycles. The minimum Gasteiger partial charge on any atom is -0.361 e. The summed E-state index contributed by atoms with van der Waals surface area (Å²) < 4.78 is 45.8. The van der Waals surface area contributed by atoms with Crippen LogP contribution >= 0.6 is 0 Å². The molecule has 4 rings (SSSR count). The summed E-state index contributed by atoms with van der Waals surface area (Å²) in [5.41, 5.74) is 1.14. The molecule has 0 bridgehead atoms. The molecule has 3 aromatic rings. The van der Waals surface area contributed by atoms with Crippen LogP contribution in [0.3, 0.4) is 0 Å². The molecule has 0 unspecified atom stereocenters. The molecule has 0 fully saturated rings. The molecule has 2 amide bonds. The Morgan fingerprint density at radius 1 is 1.18 bits per heavy atom. The van der Waals surface area contributed by atoms with Crippen LogP contribution in [0.15, 0.2) is 52.0 Å². The fourth-order valence-corrected chi connectivity index (χ4v) is 4.50. The summed E-state index contributed by atoms with van der Waals surface area (Å²) in [4.78, 5) is 18.2. The second kappa shape index (κ2) is 6.41. The summed E-state index contributed by atoms with van der Waals surface area (Å²) >= 11 is 0. The number of hydrogen-bond donors (Lipinski definition) is 0. The van der Waals surface area contributed by atoms with Gasteiger partial charge >= 0.3 is 6.03 Å². The molecule has 10 heteroatoms. The maximum Gasteiger partial charge on any atom is 0.344 e. The van der Waals surface area contributed by atoms with Crippen LogP contribution in [-0.4, -0.2) is 28.9 Å². The number of carbonyl (C=O) groups excluding carboxylic acids is 1. The summed E-state index contributed by atoms with van der Waals surface area (Å²) in [5, 5.41) is 3.80. The monoisotopic (exact) mass is 402 g/mol. The molecule has 0 saturated carbocycles. The number of rotatable bonds is 3. The predicted molar refractivity (Wildman–Crippen MR) is 96.9 cm³/mol. The van der Waals surface area contributed by atoms with Crippen LogP contribution < -0.4 is 4.90 Å². The number of anilines is 2. The zero-order valence-corrected chi connectivity index (χ0v) is 15.8. The molecule has 1 aromatic carbocycles. The van der Waals surface area contributed by atoms with Gasteiger partial charge in [-0.1, -0.05) is 11.2 Å². The zero-order valence-electron chi connectivity index (χ0n) is 15.0. The van der Waals surface area contributed by atoms with Gasteiger partial charge in [0.25, 0.3) is 10.0 Å². The molecule has 8 nitrogen and oxygen atoms in total. The molecule has 1 aliphatic rings. The van der Waals surface area contributed by atoms with Gasteiger partial charge in [-0.25, -0.2) is 31.8 Å². The number of hydrogen-bond acceptors (Lipinski definition) is 6. The predicted octanol–water partition coefficient (Wildman–Crippen LogP) is 3.29. The standard InChI is InChI=1S/C18H15FN4O4S/c1-11-15(12(2)27-21-11)10-22-18(24)23(14-6-3-5-13(19)9-14)17-16(28(22,25)26)7-4-8-20-17/h3-9H,10H2,1-2H3. The first kappa shape index (κ1) is 18.1. The minimum atomic E-state index is -4.18. The van der Waals surface area contributed by atoms with Crippen molar-refractivity contribution in [3.8, 4) is 0 Å². The average Bonchev–Trinajstić information content (AvgIpc) is 2.97. The SMILES string of the molecule is Cc1noc(C)c1CN1C(=O)N(c2cccc(F)c2)c2ncccc2S1(=O)=O. The van der Waals surface area contributed by atoms with Gasteiger partial charge in [0.1, 0.15) is 16.5 Å². The number of nitrogens with zero attached hydrogens (tertiary/aromatic N) is 4. The van der Waals surface area contributed by atoms with Crippen LogP contribution in [0.2, 0.25) is 0 Å². The molecule has 1 aliphatic heterocycles. The van der Waals surface area contributed by atoms with Gasteiger partial charge in [-0.3, -0.25) is 0 Å². The molecule has 0 aliphatic carbocycles. The summed E-state index contributed by atoms with van der Waals surface area (Å²) in [5.74, 6) is -0.226. The molecule has 0 radical (unpaired) electrons. The van der Waals surface area contributed by atoms with Gasteiger partial charge < -0.3 is 4.52 Å². The fourth-order valence-electron chi connectivity index (χ4n) is 3.05. The number of aryl methyl sites for hydroxylation is 2. The quantitative estimate of drug-likeness (QED) is 0.667. The van der Waals surface area contributed by atoms with Crippen molar-refractivity contribution in [2.45, 2.75) is 25.3 Å². The number of fused-ring (bicyclic) bond motifs is 1. The summed E-state index contributed by atoms with van der Waals surface area (Å²) in [7, 11) is -4.18. The molecule has 144 valence electrons. The first-order valence-corrected chi connectivity index (χ1v) is 9.74. The smallest absolute Gasteiger partial charge is 0.344 e. The van der Waals surface area contributed by atoms with Crippen molar-refractivity contribution >= 4 is 27.6 Å². The number of pyridine rings is 1. The van der Waals surface area contributed by atoms with E-state index in [1.807, 2.05) is 0 Å². The topological polar surface area (TPSA) is 96.6 Å². The van der Waals surface area contributed by atoms with E-state index in [2.05, 4.69) is 10.1 Å².